The summed E-state index contributed by atoms with van der Waals surface area (Å²) in [6.45, 7) is -0.637. The summed E-state index contributed by atoms with van der Waals surface area (Å²) in [5.74, 6) is 0.963. The number of aromatic amines is 1. The SMILES string of the molecule is Nc1nc2c(c(F)cn2[C@@H]2O[C@H](CO)[C@H](O)C2(O)C#CCl)c(=O)[nH]1. The lowest BCUT2D eigenvalue weighted by molar-refractivity contribution is -0.0720. The zero-order chi connectivity index (χ0) is 17.6. The van der Waals surface area contributed by atoms with Crippen LogP contribution in [-0.4, -0.2) is 54.3 Å². The Balaban J connectivity index is 2.26. The first-order valence-corrected chi connectivity index (χ1v) is 7.06. The molecule has 6 N–H and O–H groups in total. The Bertz CT molecular complexity index is 919. The number of nitrogens with one attached hydrogen (secondary N) is 1. The molecule has 24 heavy (non-hydrogen) atoms. The number of aliphatic hydroxyl groups is 3. The molecular weight excluding hydrogens is 347 g/mol. The summed E-state index contributed by atoms with van der Waals surface area (Å²) < 4.78 is 20.5. The van der Waals surface area contributed by atoms with E-state index in [-0.39, 0.29) is 11.6 Å². The second kappa shape index (κ2) is 5.73. The number of ether oxygens (including phenoxy) is 1. The van der Waals surface area contributed by atoms with Crippen LogP contribution in [-0.2, 0) is 4.74 Å². The number of nitrogens with two attached hydrogens (primary N) is 1. The summed E-state index contributed by atoms with van der Waals surface area (Å²) in [5.41, 5.74) is 2.15. The number of hydrogen-bond donors (Lipinski definition) is 5. The zero-order valence-electron chi connectivity index (χ0n) is 11.9. The molecule has 1 unspecified atom stereocenters. The third-order valence-electron chi connectivity index (χ3n) is 3.82. The highest BCUT2D eigenvalue weighted by Gasteiger charge is 2.56. The molecule has 1 aliphatic rings. The van der Waals surface area contributed by atoms with Crippen molar-refractivity contribution in [3.05, 3.63) is 22.4 Å². The number of anilines is 1. The van der Waals surface area contributed by atoms with E-state index in [0.717, 1.165) is 10.8 Å². The van der Waals surface area contributed by atoms with Gasteiger partial charge in [-0.3, -0.25) is 14.3 Å². The summed E-state index contributed by atoms with van der Waals surface area (Å²) in [5, 5.41) is 31.6. The first kappa shape index (κ1) is 16.7. The summed E-state index contributed by atoms with van der Waals surface area (Å²) in [4.78, 5) is 17.8. The Labute approximate surface area is 138 Å². The van der Waals surface area contributed by atoms with Gasteiger partial charge in [-0.1, -0.05) is 0 Å². The normalized spacial score (nSPS) is 29.6. The number of fused-ring (bicyclic) bond motifs is 1. The predicted octanol–water partition coefficient (Wildman–Crippen LogP) is -1.37. The minimum absolute atomic E-state index is 0.223. The Kier molecular flexibility index (Phi) is 3.98. The lowest BCUT2D eigenvalue weighted by atomic mass is 9.95. The molecule has 0 radical (unpaired) electrons. The van der Waals surface area contributed by atoms with Gasteiger partial charge in [0, 0.05) is 11.6 Å². The van der Waals surface area contributed by atoms with Gasteiger partial charge >= 0.3 is 0 Å². The molecule has 0 bridgehead atoms. The van der Waals surface area contributed by atoms with Crippen molar-refractivity contribution in [3.63, 3.8) is 0 Å². The average molecular weight is 359 g/mol. The minimum atomic E-state index is -2.27. The van der Waals surface area contributed by atoms with Crippen LogP contribution in [0.4, 0.5) is 10.3 Å². The number of aliphatic hydroxyl groups excluding tert-OH is 2. The highest BCUT2D eigenvalue weighted by molar-refractivity contribution is 6.30. The van der Waals surface area contributed by atoms with Crippen LogP contribution in [0.1, 0.15) is 6.23 Å². The molecule has 0 amide bonds. The van der Waals surface area contributed by atoms with Gasteiger partial charge in [-0.2, -0.15) is 4.98 Å². The number of hydrogen-bond acceptors (Lipinski definition) is 7. The molecule has 1 fully saturated rings. The molecule has 9 nitrogen and oxygen atoms in total. The average Bonchev–Trinajstić information content (AvgIpc) is 2.96. The van der Waals surface area contributed by atoms with Crippen LogP contribution in [0.3, 0.4) is 0 Å². The third kappa shape index (κ3) is 2.26. The van der Waals surface area contributed by atoms with E-state index in [1.165, 1.54) is 0 Å². The molecule has 11 heteroatoms. The highest BCUT2D eigenvalue weighted by Crippen LogP contribution is 2.40. The lowest BCUT2D eigenvalue weighted by Gasteiger charge is -2.26. The summed E-state index contributed by atoms with van der Waals surface area (Å²) in [6.07, 6.45) is -3.49. The standard InChI is InChI=1S/C13H12ClFN4O5/c14-2-1-13(23)8(21)6(4-20)24-11(13)19-3-5(15)7-9(19)17-12(16)18-10(7)22/h3,6,8,11,20-21,23H,4H2,(H3,16,17,18,22)/t6-,8+,11-,13?/m1/s1. The summed E-state index contributed by atoms with van der Waals surface area (Å²) >= 11 is 5.33. The van der Waals surface area contributed by atoms with Gasteiger partial charge in [0.25, 0.3) is 5.56 Å². The molecule has 128 valence electrons. The first-order chi connectivity index (χ1) is 11.3. The molecule has 3 rings (SSSR count). The smallest absolute Gasteiger partial charge is 0.264 e. The molecule has 0 spiro atoms. The molecule has 2 aromatic heterocycles. The van der Waals surface area contributed by atoms with Crippen molar-refractivity contribution < 1.29 is 24.4 Å². The van der Waals surface area contributed by atoms with Crippen LogP contribution in [0.15, 0.2) is 11.0 Å². The molecular formula is C13H12ClFN4O5. The van der Waals surface area contributed by atoms with Gasteiger partial charge in [0.2, 0.25) is 11.5 Å². The van der Waals surface area contributed by atoms with Crippen LogP contribution >= 0.6 is 11.6 Å². The summed E-state index contributed by atoms with van der Waals surface area (Å²) in [6, 6.07) is 0. The van der Waals surface area contributed by atoms with Crippen molar-refractivity contribution in [1.29, 1.82) is 0 Å². The van der Waals surface area contributed by atoms with Gasteiger partial charge in [-0.05, 0) is 17.5 Å². The minimum Gasteiger partial charge on any atom is -0.394 e. The van der Waals surface area contributed by atoms with Crippen LogP contribution in [0.2, 0.25) is 0 Å². The second-order valence-electron chi connectivity index (χ2n) is 5.23. The number of nitrogens with zero attached hydrogens (tertiary/aromatic N) is 2. The second-order valence-corrected chi connectivity index (χ2v) is 5.42. The number of aromatic nitrogens is 3. The van der Waals surface area contributed by atoms with Crippen LogP contribution in [0, 0.1) is 17.1 Å². The van der Waals surface area contributed by atoms with Crippen LogP contribution in [0.5, 0.6) is 0 Å². The van der Waals surface area contributed by atoms with Gasteiger partial charge in [-0.25, -0.2) is 4.39 Å². The molecule has 1 saturated heterocycles. The maximum absolute atomic E-state index is 14.1. The molecule has 0 saturated carbocycles. The van der Waals surface area contributed by atoms with E-state index in [0.29, 0.717) is 0 Å². The van der Waals surface area contributed by atoms with Gasteiger partial charge in [0.15, 0.2) is 17.7 Å². The molecule has 1 aliphatic heterocycles. The maximum Gasteiger partial charge on any atom is 0.264 e. The fourth-order valence-corrected chi connectivity index (χ4v) is 2.86. The van der Waals surface area contributed by atoms with E-state index in [9.17, 15) is 24.5 Å². The first-order valence-electron chi connectivity index (χ1n) is 6.69. The molecule has 4 atom stereocenters. The van der Waals surface area contributed by atoms with E-state index in [1.807, 2.05) is 5.38 Å². The predicted molar refractivity (Wildman–Crippen MR) is 80.3 cm³/mol. The van der Waals surface area contributed by atoms with Crippen molar-refractivity contribution in [2.24, 2.45) is 0 Å². The Hall–Kier alpha value is -2.16. The number of rotatable bonds is 2. The number of halogens is 2. The largest absolute Gasteiger partial charge is 0.394 e. The van der Waals surface area contributed by atoms with E-state index in [2.05, 4.69) is 15.9 Å². The molecule has 0 aromatic carbocycles. The van der Waals surface area contributed by atoms with E-state index >= 15 is 0 Å². The fraction of sp³-hybridized carbons (Fsp3) is 0.385. The zero-order valence-corrected chi connectivity index (χ0v) is 12.7. The summed E-state index contributed by atoms with van der Waals surface area (Å²) in [7, 11) is 0. The van der Waals surface area contributed by atoms with E-state index < -0.39 is 47.4 Å². The Morgan fingerprint density at radius 1 is 1.62 bits per heavy atom. The number of nitrogen functional groups attached to an aromatic ring is 1. The molecule has 3 heterocycles. The Morgan fingerprint density at radius 2 is 2.33 bits per heavy atom. The van der Waals surface area contributed by atoms with Crippen molar-refractivity contribution >= 4 is 28.6 Å². The third-order valence-corrected chi connectivity index (χ3v) is 3.91. The lowest BCUT2D eigenvalue weighted by Crippen LogP contribution is -2.45. The van der Waals surface area contributed by atoms with Crippen molar-refractivity contribution in [1.82, 2.24) is 14.5 Å². The van der Waals surface area contributed by atoms with Crippen molar-refractivity contribution in [3.8, 4) is 11.3 Å². The van der Waals surface area contributed by atoms with Gasteiger partial charge in [-0.15, -0.1) is 0 Å². The van der Waals surface area contributed by atoms with Gasteiger partial charge in [0.1, 0.15) is 17.6 Å². The van der Waals surface area contributed by atoms with Gasteiger partial charge < -0.3 is 25.8 Å². The number of H-pyrrole nitrogens is 1. The van der Waals surface area contributed by atoms with Crippen LogP contribution in [0.25, 0.3) is 11.0 Å². The van der Waals surface area contributed by atoms with E-state index in [1.54, 1.807) is 0 Å². The van der Waals surface area contributed by atoms with Crippen molar-refractivity contribution in [2.45, 2.75) is 24.0 Å². The quantitative estimate of drug-likeness (QED) is 0.416. The maximum atomic E-state index is 14.1. The molecule has 2 aromatic rings. The van der Waals surface area contributed by atoms with Crippen LogP contribution < -0.4 is 11.3 Å². The topological polar surface area (TPSA) is 147 Å². The monoisotopic (exact) mass is 358 g/mol. The highest BCUT2D eigenvalue weighted by atomic mass is 35.5. The van der Waals surface area contributed by atoms with Crippen molar-refractivity contribution in [2.75, 3.05) is 12.3 Å². The molecule has 0 aliphatic carbocycles. The van der Waals surface area contributed by atoms with Gasteiger partial charge in [0.05, 0.1) is 6.61 Å². The fourth-order valence-electron chi connectivity index (χ4n) is 2.71. The van der Waals surface area contributed by atoms with E-state index in [4.69, 9.17) is 22.1 Å². The Morgan fingerprint density at radius 3 is 2.96 bits per heavy atom.